The molecule has 0 aliphatic carbocycles. The molecule has 2 nitrogen and oxygen atoms in total. The van der Waals surface area contributed by atoms with Crippen molar-refractivity contribution in [3.63, 3.8) is 0 Å². The van der Waals surface area contributed by atoms with E-state index < -0.39 is 9.84 Å². The first kappa shape index (κ1) is 12.0. The van der Waals surface area contributed by atoms with E-state index in [0.29, 0.717) is 5.56 Å². The molecule has 2 rings (SSSR count). The molecule has 16 heavy (non-hydrogen) atoms. The number of fused-ring (bicyclic) bond motifs is 1. The summed E-state index contributed by atoms with van der Waals surface area (Å²) in [7, 11) is -3.59. The summed E-state index contributed by atoms with van der Waals surface area (Å²) in [6.45, 7) is 0. The fourth-order valence-corrected chi connectivity index (χ4v) is 3.68. The topological polar surface area (TPSA) is 34.1 Å². The summed E-state index contributed by atoms with van der Waals surface area (Å²) in [6, 6.07) is 6.59. The lowest BCUT2D eigenvalue weighted by atomic mass is 10.2. The van der Waals surface area contributed by atoms with Crippen molar-refractivity contribution in [3.8, 4) is 0 Å². The van der Waals surface area contributed by atoms with Gasteiger partial charge in [-0.15, -0.1) is 0 Å². The largest absolute Gasteiger partial charge is 0.218 e. The highest BCUT2D eigenvalue weighted by atomic mass is 35.5. The van der Waals surface area contributed by atoms with Crippen LogP contribution in [0.15, 0.2) is 43.6 Å². The molecule has 0 saturated heterocycles. The molecule has 0 radical (unpaired) electrons. The number of rotatable bonds is 1. The van der Waals surface area contributed by atoms with Crippen LogP contribution in [-0.4, -0.2) is 8.42 Å². The summed E-state index contributed by atoms with van der Waals surface area (Å²) in [5, 5.41) is -0.153. The third-order valence-electron chi connectivity index (χ3n) is 2.17. The molecule has 1 aromatic carbocycles. The third kappa shape index (κ3) is 1.78. The van der Waals surface area contributed by atoms with Crippen molar-refractivity contribution in [2.45, 2.75) is 4.90 Å². The van der Waals surface area contributed by atoms with Gasteiger partial charge in [0.15, 0.2) is 0 Å². The van der Waals surface area contributed by atoms with Crippen molar-refractivity contribution < 1.29 is 8.42 Å². The summed E-state index contributed by atoms with van der Waals surface area (Å²) in [5.41, 5.74) is 0.588. The lowest BCUT2D eigenvalue weighted by Crippen LogP contribution is -2.00. The Labute approximate surface area is 108 Å². The van der Waals surface area contributed by atoms with E-state index in [4.69, 9.17) is 34.8 Å². The van der Waals surface area contributed by atoms with E-state index in [2.05, 4.69) is 0 Å². The van der Waals surface area contributed by atoms with Gasteiger partial charge in [0.05, 0.1) is 14.8 Å². The SMILES string of the molecule is O=S1(=O)C(C(Cl)=C(Cl)Cl)=Cc2ccccc21. The summed E-state index contributed by atoms with van der Waals surface area (Å²) in [6.07, 6.45) is 1.46. The lowest BCUT2D eigenvalue weighted by Gasteiger charge is -2.02. The van der Waals surface area contributed by atoms with E-state index in [0.717, 1.165) is 0 Å². The van der Waals surface area contributed by atoms with E-state index in [1.54, 1.807) is 18.2 Å². The molecule has 1 heterocycles. The molecule has 0 unspecified atom stereocenters. The molecule has 1 aromatic rings. The number of hydrogen-bond donors (Lipinski definition) is 0. The number of hydrogen-bond acceptors (Lipinski definition) is 2. The van der Waals surface area contributed by atoms with Crippen molar-refractivity contribution in [1.29, 1.82) is 0 Å². The van der Waals surface area contributed by atoms with E-state index in [1.165, 1.54) is 12.1 Å². The predicted molar refractivity (Wildman–Crippen MR) is 66.2 cm³/mol. The minimum absolute atomic E-state index is 0.0598. The van der Waals surface area contributed by atoms with Gasteiger partial charge >= 0.3 is 0 Å². The molecule has 0 amide bonds. The van der Waals surface area contributed by atoms with Crippen LogP contribution < -0.4 is 0 Å². The molecular weight excluding hydrogens is 291 g/mol. The minimum atomic E-state index is -3.59. The normalized spacial score (nSPS) is 16.6. The average Bonchev–Trinajstić information content (AvgIpc) is 2.50. The fraction of sp³-hybridized carbons (Fsp3) is 0. The molecule has 0 bridgehead atoms. The first-order valence-electron chi connectivity index (χ1n) is 4.21. The summed E-state index contributed by atoms with van der Waals surface area (Å²) < 4.78 is 23.8. The van der Waals surface area contributed by atoms with Crippen LogP contribution in [0.3, 0.4) is 0 Å². The van der Waals surface area contributed by atoms with Crippen molar-refractivity contribution in [2.24, 2.45) is 0 Å². The molecule has 6 heteroatoms. The Hall–Kier alpha value is -0.480. The van der Waals surface area contributed by atoms with Crippen molar-refractivity contribution in [2.75, 3.05) is 0 Å². The van der Waals surface area contributed by atoms with Gasteiger partial charge in [0, 0.05) is 0 Å². The van der Waals surface area contributed by atoms with Crippen molar-refractivity contribution >= 4 is 50.7 Å². The van der Waals surface area contributed by atoms with Gasteiger partial charge in [0.2, 0.25) is 9.84 Å². The zero-order valence-electron chi connectivity index (χ0n) is 7.75. The van der Waals surface area contributed by atoms with Gasteiger partial charge in [-0.1, -0.05) is 53.0 Å². The number of halogens is 3. The second-order valence-corrected chi connectivity index (χ2v) is 6.34. The first-order valence-corrected chi connectivity index (χ1v) is 6.83. The number of sulfone groups is 1. The Morgan fingerprint density at radius 1 is 1.06 bits per heavy atom. The van der Waals surface area contributed by atoms with Crippen LogP contribution in [0.2, 0.25) is 0 Å². The zero-order chi connectivity index (χ0) is 11.9. The molecule has 0 aromatic heterocycles. The second kappa shape index (κ2) is 4.08. The highest BCUT2D eigenvalue weighted by Gasteiger charge is 2.31. The number of allylic oxidation sites excluding steroid dienone is 1. The van der Waals surface area contributed by atoms with Crippen LogP contribution in [0, 0.1) is 0 Å². The Morgan fingerprint density at radius 3 is 2.25 bits per heavy atom. The summed E-state index contributed by atoms with van der Waals surface area (Å²) >= 11 is 16.7. The van der Waals surface area contributed by atoms with Crippen LogP contribution in [0.4, 0.5) is 0 Å². The van der Waals surface area contributed by atoms with Crippen molar-refractivity contribution in [3.05, 3.63) is 44.3 Å². The van der Waals surface area contributed by atoms with E-state index in [9.17, 15) is 8.42 Å². The molecule has 0 fully saturated rings. The van der Waals surface area contributed by atoms with Crippen LogP contribution in [-0.2, 0) is 9.84 Å². The molecule has 1 aliphatic rings. The van der Waals surface area contributed by atoms with Gasteiger partial charge in [-0.3, -0.25) is 0 Å². The summed E-state index contributed by atoms with van der Waals surface area (Å²) in [5.74, 6) is 0. The van der Waals surface area contributed by atoms with E-state index in [1.807, 2.05) is 0 Å². The third-order valence-corrected chi connectivity index (χ3v) is 5.09. The first-order chi connectivity index (χ1) is 7.44. The Morgan fingerprint density at radius 2 is 1.69 bits per heavy atom. The quantitative estimate of drug-likeness (QED) is 0.791. The summed E-state index contributed by atoms with van der Waals surface area (Å²) in [4.78, 5) is 0.160. The molecular formula is C10H5Cl3O2S. The lowest BCUT2D eigenvalue weighted by molar-refractivity contribution is 0.604. The highest BCUT2D eigenvalue weighted by Crippen LogP contribution is 2.39. The molecule has 0 spiro atoms. The Kier molecular flexibility index (Phi) is 3.05. The molecule has 84 valence electrons. The van der Waals surface area contributed by atoms with Crippen LogP contribution in [0.25, 0.3) is 6.08 Å². The molecule has 1 aliphatic heterocycles. The standard InChI is InChI=1S/C10H5Cl3O2S/c11-9(10(12)13)8-5-6-3-1-2-4-7(6)16(8,14)15/h1-5H. The smallest absolute Gasteiger partial charge is 0.208 e. The highest BCUT2D eigenvalue weighted by molar-refractivity contribution is 7.96. The van der Waals surface area contributed by atoms with E-state index in [-0.39, 0.29) is 19.3 Å². The van der Waals surface area contributed by atoms with E-state index >= 15 is 0 Å². The van der Waals surface area contributed by atoms with Gasteiger partial charge in [0.1, 0.15) is 4.49 Å². The molecule has 0 atom stereocenters. The average molecular weight is 296 g/mol. The van der Waals surface area contributed by atoms with Gasteiger partial charge in [-0.2, -0.15) is 0 Å². The van der Waals surface area contributed by atoms with Crippen LogP contribution in [0.1, 0.15) is 5.56 Å². The second-order valence-electron chi connectivity index (χ2n) is 3.12. The molecule has 0 saturated carbocycles. The maximum Gasteiger partial charge on any atom is 0.208 e. The van der Waals surface area contributed by atoms with Gasteiger partial charge in [0.25, 0.3) is 0 Å². The Bertz CT molecular complexity index is 611. The zero-order valence-corrected chi connectivity index (χ0v) is 10.8. The van der Waals surface area contributed by atoms with Crippen molar-refractivity contribution in [1.82, 2.24) is 0 Å². The maximum atomic E-state index is 12.0. The van der Waals surface area contributed by atoms with Gasteiger partial charge in [-0.25, -0.2) is 8.42 Å². The fourth-order valence-electron chi connectivity index (χ4n) is 1.46. The van der Waals surface area contributed by atoms with Gasteiger partial charge in [-0.05, 0) is 17.7 Å². The van der Waals surface area contributed by atoms with Gasteiger partial charge < -0.3 is 0 Å². The monoisotopic (exact) mass is 294 g/mol. The number of benzene rings is 1. The minimum Gasteiger partial charge on any atom is -0.218 e. The molecule has 0 N–H and O–H groups in total. The Balaban J connectivity index is 2.70. The predicted octanol–water partition coefficient (Wildman–Crippen LogP) is 3.70. The maximum absolute atomic E-state index is 12.0. The van der Waals surface area contributed by atoms with Crippen LogP contribution >= 0.6 is 34.8 Å². The van der Waals surface area contributed by atoms with Crippen LogP contribution in [0.5, 0.6) is 0 Å².